The number of rotatable bonds is 2. The van der Waals surface area contributed by atoms with Crippen molar-refractivity contribution in [1.82, 2.24) is 20.6 Å². The zero-order valence-corrected chi connectivity index (χ0v) is 13.0. The summed E-state index contributed by atoms with van der Waals surface area (Å²) in [6.07, 6.45) is 1.81. The summed E-state index contributed by atoms with van der Waals surface area (Å²) in [6.45, 7) is 0. The predicted octanol–water partition coefficient (Wildman–Crippen LogP) is 10.6. The van der Waals surface area contributed by atoms with Gasteiger partial charge in [0.1, 0.15) is 23.9 Å². The minimum absolute atomic E-state index is 0. The Bertz CT molecular complexity index is 897. The van der Waals surface area contributed by atoms with Crippen molar-refractivity contribution >= 4 is 6.41 Å². The highest BCUT2D eigenvalue weighted by atomic mass is 16.3. The van der Waals surface area contributed by atoms with E-state index in [1.54, 1.807) is 41.8 Å². The monoisotopic (exact) mass is 573 g/mol. The number of amides is 1. The molecule has 0 aliphatic heterocycles. The number of H-pyrrole nitrogens is 1. The zero-order chi connectivity index (χ0) is 94.5. The van der Waals surface area contributed by atoms with Gasteiger partial charge in [-0.1, -0.05) is 24.3 Å². The number of nitrogens with one attached hydrogen (secondary N) is 2. The highest BCUT2D eigenvalue weighted by Crippen LogP contribution is 2.24. The van der Waals surface area contributed by atoms with E-state index in [0.717, 1.165) is 0 Å². The van der Waals surface area contributed by atoms with Crippen LogP contribution in [0, 0.1) is 11.3 Å². The number of nitrogens with two attached hydrogens (primary N) is 1. The van der Waals surface area contributed by atoms with Crippen molar-refractivity contribution in [2.24, 2.45) is 5.84 Å². The van der Waals surface area contributed by atoms with E-state index >= 15 is 0 Å². The number of benzene rings is 2. The Labute approximate surface area is 262 Å². The Morgan fingerprint density at radius 1 is 1.20 bits per heavy atom. The summed E-state index contributed by atoms with van der Waals surface area (Å²) in [4.78, 5) is 12.9. The van der Waals surface area contributed by atoms with Crippen LogP contribution in [0.25, 0.3) is 11.4 Å². The van der Waals surface area contributed by atoms with Crippen molar-refractivity contribution < 1.29 is 129 Å². The maximum absolute atomic E-state index is 9.39. The van der Waals surface area contributed by atoms with Crippen molar-refractivity contribution in [1.29, 1.82) is 5.26 Å². The van der Waals surface area contributed by atoms with Crippen LogP contribution in [-0.4, -0.2) is 31.8 Å². The van der Waals surface area contributed by atoms with Crippen molar-refractivity contribution in [3.8, 4) is 29.0 Å². The number of phenols is 2. The molecule has 0 aliphatic carbocycles. The van der Waals surface area contributed by atoms with Crippen molar-refractivity contribution in [2.45, 2.75) is 0 Å². The molecule has 0 saturated heterocycles. The molecule has 1 heterocycles. The highest BCUT2D eigenvalue weighted by molar-refractivity contribution is 5.62. The smallest absolute Gasteiger partial charge is 0.221 e. The van der Waals surface area contributed by atoms with Gasteiger partial charge in [-0.25, -0.2) is 10.8 Å². The summed E-state index contributed by atoms with van der Waals surface area (Å²) in [5.74, 6) is 5.23. The fourth-order valence-corrected chi connectivity index (χ4v) is 1.58. The maximum atomic E-state index is 9.39. The quantitative estimate of drug-likeness (QED) is 0.0881. The molecule has 3 rings (SSSR count). The average molecular weight is 574 g/mol. The fraction of sp³-hybridized carbons (Fsp3) is 0. The number of nitriles is 1. The van der Waals surface area contributed by atoms with Crippen molar-refractivity contribution in [2.75, 3.05) is 0 Å². The first-order chi connectivity index (χ1) is 50.1. The molecular formula is C16H94N6O3. The Balaban J connectivity index is -0.0000000111. The molecular weight excluding hydrogens is 324 g/mol. The Morgan fingerprint density at radius 2 is 1.80 bits per heavy atom. The van der Waals surface area contributed by atoms with Crippen LogP contribution in [0.4, 0.5) is 0 Å². The summed E-state index contributed by atoms with van der Waals surface area (Å²) in [5.41, 5.74) is 2.73. The van der Waals surface area contributed by atoms with Crippen LogP contribution in [0.1, 0.15) is 120 Å². The Hall–Kier alpha value is -3.90. The second-order valence-electron chi connectivity index (χ2n) is 4.26. The largest absolute Gasteiger partial charge is 0.507 e. The molecule has 206 valence electrons. The third-order valence-electron chi connectivity index (χ3n) is 2.67. The van der Waals surface area contributed by atoms with Crippen LogP contribution < -0.4 is 11.3 Å². The molecule has 0 saturated carbocycles. The Kier molecular flexibility index (Phi) is 1.05. The van der Waals surface area contributed by atoms with Crippen LogP contribution in [0.5, 0.6) is 11.5 Å². The molecule has 2 aromatic carbocycles. The van der Waals surface area contributed by atoms with E-state index in [2.05, 4.69) is 21.0 Å². The molecule has 0 fully saturated rings. The van der Waals surface area contributed by atoms with E-state index in [-0.39, 0.29) is 12.9 Å². The lowest BCUT2D eigenvalue weighted by Gasteiger charge is -1.97. The van der Waals surface area contributed by atoms with Crippen molar-refractivity contribution in [3.63, 3.8) is 0 Å². The van der Waals surface area contributed by atoms with Crippen molar-refractivity contribution in [3.05, 3.63) is 60.4 Å². The molecule has 25 heavy (non-hydrogen) atoms. The van der Waals surface area contributed by atoms with Gasteiger partial charge in [0.15, 0.2) is 5.82 Å². The van der Waals surface area contributed by atoms with Gasteiger partial charge in [-0.15, -0.1) is 0 Å². The molecule has 0 aliphatic rings. The number of carbonyl (C=O) groups is 1. The van der Waals surface area contributed by atoms with E-state index in [9.17, 15) is 5.11 Å². The summed E-state index contributed by atoms with van der Waals surface area (Å²) in [7, 11) is 0. The number of para-hydroxylation sites is 2. The third kappa shape index (κ3) is 6.39. The minimum Gasteiger partial charge on any atom is -0.507 e. The Morgan fingerprint density at radius 3 is 2.24 bits per heavy atom. The molecule has 6 N–H and O–H groups in total. The standard InChI is InChI=1S/C8H7N3O.C7H5NO.CH4N2O.39H2/c12-7-4-2-1-3-6(7)8-9-5-10-11-8;8-5-6-3-1-2-4-7(6)9;2-3-1-4;;;;;;;;;;;;;;;;;;;;;;;;;;;;;;;;;;;;;;;/h1-5,12H,(H,9,10,11);1-4,9H;1H,2H2,(H,3,4);39*1H/i;;;38*1+2T;1+2. The first-order valence-corrected chi connectivity index (χ1v) is 6.85. The molecule has 0 atom stereocenters. The van der Waals surface area contributed by atoms with E-state index in [1.165, 1.54) is 12.4 Å². The number of aromatic hydroxyl groups is 2. The average Bonchev–Trinajstić information content (AvgIpc) is 1.62. The highest BCUT2D eigenvalue weighted by Gasteiger charge is 2.03. The summed E-state index contributed by atoms with van der Waals surface area (Å²) < 4.78 is 380. The zero-order valence-electron chi connectivity index (χ0n) is 89.0. The number of nitrogens with zero attached hydrogens (tertiary/aromatic N) is 3. The molecule has 1 aromatic heterocycles. The van der Waals surface area contributed by atoms with Gasteiger partial charge < -0.3 is 10.2 Å². The second kappa shape index (κ2) is 10.8. The first-order valence-electron chi connectivity index (χ1n) is 44.9. The lowest BCUT2D eigenvalue weighted by Crippen LogP contribution is -2.18. The van der Waals surface area contributed by atoms with Crippen LogP contribution >= 0.6 is 0 Å². The lowest BCUT2D eigenvalue weighted by molar-refractivity contribution is -0.109. The number of hydrogen-bond acceptors (Lipinski definition) is 7. The molecule has 0 bridgehead atoms. The van der Waals surface area contributed by atoms with Gasteiger partial charge in [0.2, 0.25) is 6.41 Å². The lowest BCUT2D eigenvalue weighted by atomic mass is 10.2. The SMILES string of the molecule is N#Cc1ccccc1O.NNC=O.Oc1ccccc1-c1ncn[nH]1.[3HH].[3H][3H].[3H][3H].[3H][3H].[3H][3H].[3H][3H].[3H][3H].[3H][3H].[3H][3H].[3H][3H].[3H][3H].[3H][3H].[3H][3H].[3H][3H].[3H][3H].[3H][3H].[3H][3H].[3H][3H].[3H][3H].[3H][3H].[3H][3H].[3H][3H].[3H][3H].[3H][3H].[3H][3H].[3H][3H].[3H][3H].[3H][3H].[3H][3H].[3H][3H].[3H][3H].[3H][3H].[3H][3H].[3H][3H].[3H][3H].[3H][3H].[3H][3H].[3H][3H].[3H][3H]. The topological polar surface area (TPSA) is 161 Å². The summed E-state index contributed by atoms with van der Waals surface area (Å²) in [6, 6.07) is 15.3. The van der Waals surface area contributed by atoms with Gasteiger partial charge in [-0.2, -0.15) is 10.4 Å². The van der Waals surface area contributed by atoms with Gasteiger partial charge in [0.25, 0.3) is 0 Å². The number of aromatic amines is 1. The van der Waals surface area contributed by atoms with E-state index < -0.39 is 0 Å². The normalized spacial score (nSPS) is 20.8. The van der Waals surface area contributed by atoms with Crippen LogP contribution in [0.3, 0.4) is 0 Å². The third-order valence-corrected chi connectivity index (χ3v) is 2.67. The van der Waals surface area contributed by atoms with Gasteiger partial charge >= 0.3 is 0 Å². The van der Waals surface area contributed by atoms with Crippen LogP contribution in [-0.2, 0) is 4.79 Å². The molecule has 9 heteroatoms. The molecule has 0 unspecified atom stereocenters. The van der Waals surface area contributed by atoms with Crippen LogP contribution in [0.2, 0.25) is 0 Å². The second-order valence-corrected chi connectivity index (χ2v) is 4.26. The van der Waals surface area contributed by atoms with Gasteiger partial charge in [0.05, 0.1) is 11.1 Å². The molecule has 3 aromatic rings. The predicted molar refractivity (Wildman–Crippen MR) is 172 cm³/mol. The van der Waals surface area contributed by atoms with Gasteiger partial charge in [-0.3, -0.25) is 15.3 Å². The molecule has 0 spiro atoms. The number of carbonyl (C=O) groups excluding carboxylic acids is 1. The van der Waals surface area contributed by atoms with Crippen LogP contribution in [0.15, 0.2) is 54.9 Å². The number of hydrazine groups is 1. The number of phenolic OH excluding ortho intramolecular Hbond substituents is 2. The van der Waals surface area contributed by atoms with Gasteiger partial charge in [0, 0.05) is 114 Å². The first kappa shape index (κ1) is 2.44. The fourth-order valence-electron chi connectivity index (χ4n) is 1.58. The van der Waals surface area contributed by atoms with E-state index in [0.29, 0.717) is 23.4 Å². The molecule has 1 amide bonds. The minimum atomic E-state index is 0. The molecule has 0 radical (unpaired) electrons. The number of hydrogen-bond donors (Lipinski definition) is 5. The summed E-state index contributed by atoms with van der Waals surface area (Å²) >= 11 is 0. The van der Waals surface area contributed by atoms with Gasteiger partial charge in [-0.05, 0) is 24.3 Å². The van der Waals surface area contributed by atoms with E-state index in [4.69, 9.17) is 128 Å². The maximum Gasteiger partial charge on any atom is 0.221 e. The molecule has 9 nitrogen and oxygen atoms in total. The van der Waals surface area contributed by atoms with E-state index in [1.807, 2.05) is 12.1 Å². The summed E-state index contributed by atoms with van der Waals surface area (Å²) in [5, 5.41) is 33.0. The number of aromatic nitrogens is 3.